The number of nitrogens with one attached hydrogen (secondary N) is 1. The predicted octanol–water partition coefficient (Wildman–Crippen LogP) is 3.45. The summed E-state index contributed by atoms with van der Waals surface area (Å²) in [6.45, 7) is 3.83. The first kappa shape index (κ1) is 19.9. The maximum Gasteiger partial charge on any atom is 0.173 e. The molecule has 1 unspecified atom stereocenters. The minimum Gasteiger partial charge on any atom is -0.530 e. The summed E-state index contributed by atoms with van der Waals surface area (Å²) in [5.74, 6) is 1.15. The average molecular weight is 419 g/mol. The highest BCUT2D eigenvalue weighted by molar-refractivity contribution is 7.09. The van der Waals surface area contributed by atoms with Crippen LogP contribution in [0.2, 0.25) is 0 Å². The van der Waals surface area contributed by atoms with Gasteiger partial charge in [-0.1, -0.05) is 18.2 Å². The molecule has 0 bridgehead atoms. The van der Waals surface area contributed by atoms with Gasteiger partial charge in [0.1, 0.15) is 22.9 Å². The molecule has 3 aromatic rings. The quantitative estimate of drug-likeness (QED) is 0.678. The van der Waals surface area contributed by atoms with Crippen molar-refractivity contribution in [1.29, 1.82) is 5.26 Å². The highest BCUT2D eigenvalue weighted by Crippen LogP contribution is 2.38. The summed E-state index contributed by atoms with van der Waals surface area (Å²) < 4.78 is 10.2. The molecule has 30 heavy (non-hydrogen) atoms. The Kier molecular flexibility index (Phi) is 5.38. The van der Waals surface area contributed by atoms with Crippen LogP contribution in [0.3, 0.4) is 0 Å². The van der Waals surface area contributed by atoms with Crippen LogP contribution in [0.4, 0.5) is 4.79 Å². The van der Waals surface area contributed by atoms with E-state index in [9.17, 15) is 15.2 Å². The highest BCUT2D eigenvalue weighted by Gasteiger charge is 2.26. The first-order valence-corrected chi connectivity index (χ1v) is 10.4. The van der Waals surface area contributed by atoms with Crippen LogP contribution in [0.15, 0.2) is 36.4 Å². The lowest BCUT2D eigenvalue weighted by Crippen LogP contribution is -2.38. The molecule has 1 amide bonds. The first-order valence-electron chi connectivity index (χ1n) is 9.61. The van der Waals surface area contributed by atoms with Crippen molar-refractivity contribution in [3.05, 3.63) is 53.1 Å². The lowest BCUT2D eigenvalue weighted by molar-refractivity contribution is -0.251. The van der Waals surface area contributed by atoms with Gasteiger partial charge in [-0.25, -0.2) is 4.98 Å². The van der Waals surface area contributed by atoms with E-state index in [1.807, 2.05) is 38.1 Å². The molecule has 1 aliphatic rings. The second kappa shape index (κ2) is 8.13. The topological polar surface area (TPSA) is 111 Å². The van der Waals surface area contributed by atoms with E-state index in [2.05, 4.69) is 20.7 Å². The summed E-state index contributed by atoms with van der Waals surface area (Å²) in [6.07, 6.45) is 0.127. The highest BCUT2D eigenvalue weighted by atomic mass is 32.1. The van der Waals surface area contributed by atoms with Crippen molar-refractivity contribution in [3.63, 3.8) is 0 Å². The van der Waals surface area contributed by atoms with Crippen molar-refractivity contribution in [2.24, 2.45) is 0 Å². The lowest BCUT2D eigenvalue weighted by atomic mass is 10.0. The van der Waals surface area contributed by atoms with Gasteiger partial charge < -0.3 is 20.0 Å². The Morgan fingerprint density at radius 1 is 1.37 bits per heavy atom. The van der Waals surface area contributed by atoms with Crippen LogP contribution in [0.5, 0.6) is 5.75 Å². The summed E-state index contributed by atoms with van der Waals surface area (Å²) in [5.41, 5.74) is 4.15. The summed E-state index contributed by atoms with van der Waals surface area (Å²) in [5, 5.41) is 23.6. The van der Waals surface area contributed by atoms with Crippen molar-refractivity contribution >= 4 is 17.6 Å². The van der Waals surface area contributed by atoms with Crippen LogP contribution in [-0.2, 0) is 6.42 Å². The van der Waals surface area contributed by atoms with E-state index in [0.717, 1.165) is 28.7 Å². The number of hydrogen-bond acceptors (Lipinski definition) is 7. The zero-order valence-electron chi connectivity index (χ0n) is 16.5. The molecule has 7 nitrogen and oxygen atoms in total. The van der Waals surface area contributed by atoms with E-state index in [1.54, 1.807) is 12.1 Å². The van der Waals surface area contributed by atoms with Crippen LogP contribution in [0, 0.1) is 11.3 Å². The Balaban J connectivity index is 1.66. The van der Waals surface area contributed by atoms with Crippen molar-refractivity contribution < 1.29 is 14.6 Å². The van der Waals surface area contributed by atoms with Gasteiger partial charge >= 0.3 is 0 Å². The Morgan fingerprint density at radius 2 is 2.20 bits per heavy atom. The molecule has 152 valence electrons. The van der Waals surface area contributed by atoms with E-state index in [4.69, 9.17) is 4.74 Å². The molecule has 0 aliphatic heterocycles. The van der Waals surface area contributed by atoms with Gasteiger partial charge in [-0.05, 0) is 67.5 Å². The van der Waals surface area contributed by atoms with Gasteiger partial charge in [-0.3, -0.25) is 0 Å². The third kappa shape index (κ3) is 3.84. The number of hydrogen-bond donors (Lipinski definition) is 1. The number of rotatable bonds is 5. The molecular weight excluding hydrogens is 400 g/mol. The van der Waals surface area contributed by atoms with Crippen LogP contribution in [0.1, 0.15) is 43.0 Å². The molecule has 1 aromatic heterocycles. The Hall–Kier alpha value is -3.44. The number of nitrogens with zero attached hydrogens (tertiary/aromatic N) is 3. The number of carboxylic acid groups (broad SMARTS) is 1. The van der Waals surface area contributed by atoms with E-state index >= 15 is 0 Å². The van der Waals surface area contributed by atoms with Gasteiger partial charge in [0, 0.05) is 11.1 Å². The van der Waals surface area contributed by atoms with Crippen LogP contribution in [0.25, 0.3) is 22.0 Å². The second-order valence-corrected chi connectivity index (χ2v) is 8.06. The van der Waals surface area contributed by atoms with Crippen molar-refractivity contribution in [2.75, 3.05) is 0 Å². The van der Waals surface area contributed by atoms with E-state index < -0.39 is 6.09 Å². The number of carbonyl (C=O) groups excluding carboxylic acids is 1. The van der Waals surface area contributed by atoms with Gasteiger partial charge in [0.2, 0.25) is 0 Å². The molecular formula is C22H19N4O3S-. The van der Waals surface area contributed by atoms with E-state index in [0.29, 0.717) is 28.6 Å². The standard InChI is InChI=1S/C22H20N4O3S/c1-12(2)29-19-9-6-13(10-14(19)11-23)21-25-20(26-30-21)17-5-3-4-16-15(17)7-8-18(16)24-22(27)28/h3-6,9-10,12,18,24H,7-8H2,1-2H3,(H,27,28)/p-1. The number of benzene rings is 2. The molecule has 1 N–H and O–H groups in total. The Labute approximate surface area is 178 Å². The monoisotopic (exact) mass is 419 g/mol. The molecule has 1 heterocycles. The molecule has 0 saturated carbocycles. The summed E-state index contributed by atoms with van der Waals surface area (Å²) in [7, 11) is 0. The maximum absolute atomic E-state index is 10.9. The minimum atomic E-state index is -1.27. The van der Waals surface area contributed by atoms with Crippen molar-refractivity contribution in [2.45, 2.75) is 38.8 Å². The lowest BCUT2D eigenvalue weighted by Gasteiger charge is -2.15. The number of fused-ring (bicyclic) bond motifs is 1. The number of amides is 1. The third-order valence-corrected chi connectivity index (χ3v) is 5.70. The molecule has 8 heteroatoms. The van der Waals surface area contributed by atoms with Gasteiger partial charge in [0.05, 0.1) is 17.7 Å². The van der Waals surface area contributed by atoms with E-state index in [1.165, 1.54) is 11.5 Å². The smallest absolute Gasteiger partial charge is 0.173 e. The Morgan fingerprint density at radius 3 is 2.93 bits per heavy atom. The third-order valence-electron chi connectivity index (χ3n) is 4.94. The largest absolute Gasteiger partial charge is 0.530 e. The maximum atomic E-state index is 10.9. The molecule has 0 spiro atoms. The van der Waals surface area contributed by atoms with Crippen molar-refractivity contribution in [3.8, 4) is 33.8 Å². The van der Waals surface area contributed by atoms with Crippen LogP contribution >= 0.6 is 11.5 Å². The normalized spacial score (nSPS) is 14.9. The number of aromatic nitrogens is 2. The Bertz CT molecular complexity index is 1150. The van der Waals surface area contributed by atoms with Gasteiger partial charge in [-0.2, -0.15) is 9.64 Å². The molecule has 4 rings (SSSR count). The molecule has 1 aliphatic carbocycles. The number of carbonyl (C=O) groups is 1. The SMILES string of the molecule is CC(C)Oc1ccc(-c2nc(-c3cccc4c3CCC4NC(=O)[O-])ns2)cc1C#N. The number of ether oxygens (including phenoxy) is 1. The fourth-order valence-electron chi connectivity index (χ4n) is 3.71. The summed E-state index contributed by atoms with van der Waals surface area (Å²) in [6, 6.07) is 13.1. The molecule has 0 saturated heterocycles. The molecule has 2 aromatic carbocycles. The molecule has 1 atom stereocenters. The number of nitriles is 1. The van der Waals surface area contributed by atoms with Crippen molar-refractivity contribution in [1.82, 2.24) is 14.7 Å². The minimum absolute atomic E-state index is 0.0218. The molecule has 0 fully saturated rings. The van der Waals surface area contributed by atoms with Crippen LogP contribution in [-0.4, -0.2) is 21.6 Å². The zero-order chi connectivity index (χ0) is 21.3. The predicted molar refractivity (Wildman–Crippen MR) is 111 cm³/mol. The van der Waals surface area contributed by atoms with Crippen LogP contribution < -0.4 is 15.2 Å². The summed E-state index contributed by atoms with van der Waals surface area (Å²) >= 11 is 1.26. The zero-order valence-corrected chi connectivity index (χ0v) is 17.3. The molecule has 0 radical (unpaired) electrons. The van der Waals surface area contributed by atoms with Gasteiger partial charge in [0.25, 0.3) is 0 Å². The van der Waals surface area contributed by atoms with Gasteiger partial charge in [-0.15, -0.1) is 0 Å². The van der Waals surface area contributed by atoms with E-state index in [-0.39, 0.29) is 12.1 Å². The summed E-state index contributed by atoms with van der Waals surface area (Å²) in [4.78, 5) is 15.6. The first-order chi connectivity index (χ1) is 14.5. The fourth-order valence-corrected chi connectivity index (χ4v) is 4.39. The fraction of sp³-hybridized carbons (Fsp3) is 0.273. The van der Waals surface area contributed by atoms with Gasteiger partial charge in [0.15, 0.2) is 5.82 Å². The average Bonchev–Trinajstić information content (AvgIpc) is 3.35. The second-order valence-electron chi connectivity index (χ2n) is 7.31.